The standard InChI is InChI=1S/C14H16N2OS3/c1-8-5-6-9(2)11(7-8)12(17)10(3)19-14-16-15-13(18-4)20-14/h5-7,10H,1-4H3/t10-/m1/s1. The lowest BCUT2D eigenvalue weighted by molar-refractivity contribution is 0.0993. The van der Waals surface area contributed by atoms with Crippen LogP contribution in [0.1, 0.15) is 28.4 Å². The molecule has 106 valence electrons. The molecule has 1 heterocycles. The zero-order valence-electron chi connectivity index (χ0n) is 11.8. The van der Waals surface area contributed by atoms with Crippen LogP contribution < -0.4 is 0 Å². The lowest BCUT2D eigenvalue weighted by atomic mass is 10.0. The number of hydrogen-bond acceptors (Lipinski definition) is 6. The van der Waals surface area contributed by atoms with Crippen LogP contribution in [-0.4, -0.2) is 27.5 Å². The molecular formula is C14H16N2OS3. The lowest BCUT2D eigenvalue weighted by Gasteiger charge is -2.11. The Labute approximate surface area is 131 Å². The predicted octanol–water partition coefficient (Wildman–Crippen LogP) is 4.24. The summed E-state index contributed by atoms with van der Waals surface area (Å²) in [5.74, 6) is 0.150. The third kappa shape index (κ3) is 3.62. The predicted molar refractivity (Wildman–Crippen MR) is 87.3 cm³/mol. The van der Waals surface area contributed by atoms with Crippen molar-refractivity contribution in [3.63, 3.8) is 0 Å². The first-order valence-corrected chi connectivity index (χ1v) is 9.09. The van der Waals surface area contributed by atoms with E-state index in [4.69, 9.17) is 0 Å². The Kier molecular flexibility index (Phi) is 5.23. The van der Waals surface area contributed by atoms with Crippen LogP contribution in [0.2, 0.25) is 0 Å². The van der Waals surface area contributed by atoms with E-state index in [9.17, 15) is 4.79 Å². The summed E-state index contributed by atoms with van der Waals surface area (Å²) in [5, 5.41) is 8.00. The van der Waals surface area contributed by atoms with Gasteiger partial charge in [0.1, 0.15) is 0 Å². The minimum Gasteiger partial charge on any atom is -0.293 e. The molecule has 2 aromatic rings. The molecule has 0 saturated heterocycles. The van der Waals surface area contributed by atoms with E-state index in [1.807, 2.05) is 45.2 Å². The Morgan fingerprint density at radius 2 is 1.95 bits per heavy atom. The van der Waals surface area contributed by atoms with Crippen molar-refractivity contribution < 1.29 is 4.79 Å². The molecule has 0 unspecified atom stereocenters. The van der Waals surface area contributed by atoms with Crippen molar-refractivity contribution in [2.24, 2.45) is 0 Å². The van der Waals surface area contributed by atoms with Gasteiger partial charge < -0.3 is 0 Å². The van der Waals surface area contributed by atoms with Crippen molar-refractivity contribution in [3.05, 3.63) is 34.9 Å². The lowest BCUT2D eigenvalue weighted by Crippen LogP contribution is -2.15. The summed E-state index contributed by atoms with van der Waals surface area (Å²) >= 11 is 4.58. The van der Waals surface area contributed by atoms with Crippen molar-refractivity contribution in [1.29, 1.82) is 0 Å². The third-order valence-electron chi connectivity index (χ3n) is 2.87. The molecule has 1 atom stereocenters. The molecule has 0 aliphatic heterocycles. The number of nitrogens with zero attached hydrogens (tertiary/aromatic N) is 2. The molecule has 0 fully saturated rings. The smallest absolute Gasteiger partial charge is 0.176 e. The van der Waals surface area contributed by atoms with Gasteiger partial charge in [0.25, 0.3) is 0 Å². The van der Waals surface area contributed by atoms with Crippen molar-refractivity contribution in [3.8, 4) is 0 Å². The van der Waals surface area contributed by atoms with E-state index in [0.29, 0.717) is 0 Å². The summed E-state index contributed by atoms with van der Waals surface area (Å²) in [6.45, 7) is 5.90. The first kappa shape index (κ1) is 15.5. The molecule has 1 aromatic carbocycles. The monoisotopic (exact) mass is 324 g/mol. The van der Waals surface area contributed by atoms with Gasteiger partial charge in [-0.05, 0) is 38.7 Å². The van der Waals surface area contributed by atoms with Crippen LogP contribution in [0.5, 0.6) is 0 Å². The van der Waals surface area contributed by atoms with Crippen molar-refractivity contribution >= 4 is 40.6 Å². The van der Waals surface area contributed by atoms with E-state index >= 15 is 0 Å². The van der Waals surface area contributed by atoms with E-state index < -0.39 is 0 Å². The van der Waals surface area contributed by atoms with Gasteiger partial charge in [-0.25, -0.2) is 0 Å². The van der Waals surface area contributed by atoms with Gasteiger partial charge in [0.15, 0.2) is 14.5 Å². The Balaban J connectivity index is 2.14. The average molecular weight is 324 g/mol. The largest absolute Gasteiger partial charge is 0.293 e. The second-order valence-electron chi connectivity index (χ2n) is 4.48. The normalized spacial score (nSPS) is 12.4. The van der Waals surface area contributed by atoms with Crippen LogP contribution in [0.25, 0.3) is 0 Å². The van der Waals surface area contributed by atoms with E-state index in [-0.39, 0.29) is 11.0 Å². The van der Waals surface area contributed by atoms with Gasteiger partial charge >= 0.3 is 0 Å². The molecule has 0 aliphatic carbocycles. The topological polar surface area (TPSA) is 42.9 Å². The summed E-state index contributed by atoms with van der Waals surface area (Å²) in [5.41, 5.74) is 2.94. The molecular weight excluding hydrogens is 308 g/mol. The average Bonchev–Trinajstić information content (AvgIpc) is 2.88. The fourth-order valence-electron chi connectivity index (χ4n) is 1.75. The van der Waals surface area contributed by atoms with Gasteiger partial charge in [0, 0.05) is 5.56 Å². The number of hydrogen-bond donors (Lipinski definition) is 0. The maximum absolute atomic E-state index is 12.5. The molecule has 3 nitrogen and oxygen atoms in total. The molecule has 0 radical (unpaired) electrons. The number of ketones is 1. The summed E-state index contributed by atoms with van der Waals surface area (Å²) in [4.78, 5) is 12.5. The number of carbonyl (C=O) groups is 1. The summed E-state index contributed by atoms with van der Waals surface area (Å²) in [6, 6.07) is 5.98. The Hall–Kier alpha value is -0.850. The highest BCUT2D eigenvalue weighted by molar-refractivity contribution is 8.03. The summed E-state index contributed by atoms with van der Waals surface area (Å²) in [7, 11) is 0. The highest BCUT2D eigenvalue weighted by Crippen LogP contribution is 2.31. The maximum Gasteiger partial charge on any atom is 0.176 e. The molecule has 0 saturated carbocycles. The quantitative estimate of drug-likeness (QED) is 0.608. The summed E-state index contributed by atoms with van der Waals surface area (Å²) < 4.78 is 1.78. The summed E-state index contributed by atoms with van der Waals surface area (Å²) in [6.07, 6.45) is 1.97. The molecule has 1 aromatic heterocycles. The fourth-order valence-corrected chi connectivity index (χ4v) is 4.40. The number of aromatic nitrogens is 2. The van der Waals surface area contributed by atoms with Crippen molar-refractivity contribution in [2.45, 2.75) is 34.7 Å². The van der Waals surface area contributed by atoms with Crippen LogP contribution >= 0.6 is 34.9 Å². The van der Waals surface area contributed by atoms with Crippen LogP contribution in [0.15, 0.2) is 26.9 Å². The second-order valence-corrected chi connectivity index (χ2v) is 8.10. The zero-order valence-corrected chi connectivity index (χ0v) is 14.3. The first-order chi connectivity index (χ1) is 9.51. The molecule has 20 heavy (non-hydrogen) atoms. The number of thioether (sulfide) groups is 2. The van der Waals surface area contributed by atoms with E-state index in [1.54, 1.807) is 11.8 Å². The van der Waals surface area contributed by atoms with Gasteiger partial charge in [-0.1, -0.05) is 52.6 Å². The number of aryl methyl sites for hydroxylation is 2. The van der Waals surface area contributed by atoms with Crippen molar-refractivity contribution in [1.82, 2.24) is 10.2 Å². The van der Waals surface area contributed by atoms with Gasteiger partial charge in [-0.2, -0.15) is 0 Å². The molecule has 0 bridgehead atoms. The van der Waals surface area contributed by atoms with Gasteiger partial charge in [-0.3, -0.25) is 4.79 Å². The van der Waals surface area contributed by atoms with E-state index in [1.165, 1.54) is 23.1 Å². The maximum atomic E-state index is 12.5. The van der Waals surface area contributed by atoms with Gasteiger partial charge in [0.05, 0.1) is 5.25 Å². The van der Waals surface area contributed by atoms with Gasteiger partial charge in [-0.15, -0.1) is 10.2 Å². The van der Waals surface area contributed by atoms with Crippen LogP contribution in [0.4, 0.5) is 0 Å². The van der Waals surface area contributed by atoms with Gasteiger partial charge in [0.2, 0.25) is 0 Å². The SMILES string of the molecule is CSc1nnc(S[C@H](C)C(=O)c2cc(C)ccc2C)s1. The number of Topliss-reactive ketones (excluding diaryl/α,β-unsaturated/α-hetero) is 1. The van der Waals surface area contributed by atoms with Crippen LogP contribution in [0, 0.1) is 13.8 Å². The van der Waals surface area contributed by atoms with Crippen LogP contribution in [0.3, 0.4) is 0 Å². The third-order valence-corrected chi connectivity index (χ3v) is 5.95. The minimum absolute atomic E-state index is 0.150. The number of carbonyl (C=O) groups excluding carboxylic acids is 1. The Morgan fingerprint density at radius 3 is 2.60 bits per heavy atom. The van der Waals surface area contributed by atoms with Crippen LogP contribution in [-0.2, 0) is 0 Å². The minimum atomic E-state index is -0.154. The molecule has 2 rings (SSSR count). The van der Waals surface area contributed by atoms with E-state index in [0.717, 1.165) is 25.4 Å². The molecule has 6 heteroatoms. The highest BCUT2D eigenvalue weighted by Gasteiger charge is 2.20. The number of rotatable bonds is 5. The fraction of sp³-hybridized carbons (Fsp3) is 0.357. The zero-order chi connectivity index (χ0) is 14.7. The number of benzene rings is 1. The second kappa shape index (κ2) is 6.74. The Morgan fingerprint density at radius 1 is 1.25 bits per heavy atom. The Bertz CT molecular complexity index is 625. The first-order valence-electron chi connectivity index (χ1n) is 6.17. The molecule has 0 aliphatic rings. The van der Waals surface area contributed by atoms with Crippen molar-refractivity contribution in [2.75, 3.05) is 6.26 Å². The van der Waals surface area contributed by atoms with E-state index in [2.05, 4.69) is 10.2 Å². The molecule has 0 spiro atoms. The molecule has 0 N–H and O–H groups in total. The molecule has 0 amide bonds. The highest BCUT2D eigenvalue weighted by atomic mass is 32.2.